The van der Waals surface area contributed by atoms with E-state index in [1.165, 1.54) is 24.5 Å². The lowest BCUT2D eigenvalue weighted by molar-refractivity contribution is -0.128. The Morgan fingerprint density at radius 3 is 2.70 bits per heavy atom. The van der Waals surface area contributed by atoms with Gasteiger partial charge < -0.3 is 15.3 Å². The predicted octanol–water partition coefficient (Wildman–Crippen LogP) is 2.96. The largest absolute Gasteiger partial charge is 0.507 e. The van der Waals surface area contributed by atoms with Crippen LogP contribution in [0.3, 0.4) is 0 Å². The Morgan fingerprint density at radius 1 is 1.15 bits per heavy atom. The highest BCUT2D eigenvalue weighted by Crippen LogP contribution is 2.34. The van der Waals surface area contributed by atoms with E-state index in [9.17, 15) is 22.7 Å². The Kier molecular flexibility index (Phi) is 5.26. The number of phenols is 1. The predicted molar refractivity (Wildman–Crippen MR) is 111 cm³/mol. The highest BCUT2D eigenvalue weighted by Gasteiger charge is 2.44. The van der Waals surface area contributed by atoms with Crippen LogP contribution in [0.25, 0.3) is 22.3 Å². The highest BCUT2D eigenvalue weighted by molar-refractivity contribution is 5.86. The number of aromatic nitrogens is 5. The van der Waals surface area contributed by atoms with Gasteiger partial charge in [-0.05, 0) is 25.3 Å². The molecule has 8 nitrogen and oxygen atoms in total. The minimum absolute atomic E-state index is 0.119. The molecule has 2 aliphatic heterocycles. The molecule has 0 saturated carbocycles. The van der Waals surface area contributed by atoms with Gasteiger partial charge in [0.25, 0.3) is 0 Å². The molecule has 12 heteroatoms. The van der Waals surface area contributed by atoms with Crippen LogP contribution in [0.5, 0.6) is 5.75 Å². The van der Waals surface area contributed by atoms with Crippen LogP contribution >= 0.6 is 0 Å². The van der Waals surface area contributed by atoms with Crippen LogP contribution in [0, 0.1) is 0 Å². The number of nitrogens with zero attached hydrogens (tertiary/aromatic N) is 6. The van der Waals surface area contributed by atoms with E-state index in [0.29, 0.717) is 23.7 Å². The number of alkyl halides is 4. The molecule has 2 fully saturated rings. The number of fused-ring (bicyclic) bond motifs is 3. The van der Waals surface area contributed by atoms with Crippen molar-refractivity contribution in [2.24, 2.45) is 0 Å². The Bertz CT molecular complexity index is 1170. The van der Waals surface area contributed by atoms with Gasteiger partial charge in [0.15, 0.2) is 11.6 Å². The van der Waals surface area contributed by atoms with Crippen molar-refractivity contribution in [2.75, 3.05) is 11.9 Å². The highest BCUT2D eigenvalue weighted by atomic mass is 19.4. The van der Waals surface area contributed by atoms with Crippen molar-refractivity contribution < 1.29 is 22.7 Å². The first-order valence-corrected chi connectivity index (χ1v) is 10.6. The minimum atomic E-state index is -4.43. The summed E-state index contributed by atoms with van der Waals surface area (Å²) in [6, 6.07) is 2.55. The summed E-state index contributed by atoms with van der Waals surface area (Å²) < 4.78 is 52.7. The molecule has 2 bridgehead atoms. The Labute approximate surface area is 186 Å². The van der Waals surface area contributed by atoms with E-state index >= 15 is 0 Å². The van der Waals surface area contributed by atoms with E-state index in [1.807, 2.05) is 0 Å². The third kappa shape index (κ3) is 4.26. The third-order valence-electron chi connectivity index (χ3n) is 6.31. The summed E-state index contributed by atoms with van der Waals surface area (Å²) >= 11 is 0. The molecule has 0 spiro atoms. The first-order chi connectivity index (χ1) is 15.7. The molecule has 0 amide bonds. The molecule has 2 saturated heterocycles. The van der Waals surface area contributed by atoms with Gasteiger partial charge in [-0.1, -0.05) is 0 Å². The van der Waals surface area contributed by atoms with Crippen molar-refractivity contribution in [2.45, 2.75) is 56.2 Å². The van der Waals surface area contributed by atoms with Crippen LogP contribution in [-0.4, -0.2) is 67.8 Å². The third-order valence-corrected chi connectivity index (χ3v) is 6.31. The molecule has 4 atom stereocenters. The Hall–Kier alpha value is -3.15. The molecule has 33 heavy (non-hydrogen) atoms. The fraction of sp³-hybridized carbons (Fsp3) is 0.476. The standard InChI is InChI=1S/C21H21F4N7O/c1-32(15-5-11-2-3-13(28-11)19(15)22)18-9-27-20(31-30-18)12-4-10-8-26-17(7-21(23,24)25)29-14(10)6-16(12)33/h4,6,8-9,11,13,15,19,28,33H,2-3,5,7H2,1H3/t11-,13?,15-,19+/m1/s1. The van der Waals surface area contributed by atoms with Crippen molar-refractivity contribution in [1.82, 2.24) is 30.5 Å². The normalized spacial score (nSPS) is 24.9. The zero-order chi connectivity index (χ0) is 23.3. The summed E-state index contributed by atoms with van der Waals surface area (Å²) in [4.78, 5) is 13.6. The van der Waals surface area contributed by atoms with Gasteiger partial charge in [-0.15, -0.1) is 10.2 Å². The van der Waals surface area contributed by atoms with Gasteiger partial charge in [-0.2, -0.15) is 13.2 Å². The quantitative estimate of drug-likeness (QED) is 0.570. The first kappa shape index (κ1) is 21.7. The molecule has 2 aliphatic rings. The summed E-state index contributed by atoms with van der Waals surface area (Å²) in [5, 5.41) is 22.4. The summed E-state index contributed by atoms with van der Waals surface area (Å²) in [6.07, 6.45) is -1.55. The lowest BCUT2D eigenvalue weighted by Crippen LogP contribution is -2.55. The van der Waals surface area contributed by atoms with Crippen molar-refractivity contribution >= 4 is 16.7 Å². The topological polar surface area (TPSA) is 100.0 Å². The van der Waals surface area contributed by atoms with Crippen LogP contribution < -0.4 is 10.2 Å². The lowest BCUT2D eigenvalue weighted by Gasteiger charge is -2.38. The number of piperidine rings is 1. The van der Waals surface area contributed by atoms with Crippen molar-refractivity contribution in [3.05, 3.63) is 30.4 Å². The van der Waals surface area contributed by atoms with E-state index in [1.54, 1.807) is 11.9 Å². The lowest BCUT2D eigenvalue weighted by atomic mass is 9.96. The van der Waals surface area contributed by atoms with E-state index in [2.05, 4.69) is 30.5 Å². The van der Waals surface area contributed by atoms with Gasteiger partial charge in [0.05, 0.1) is 23.3 Å². The molecule has 174 valence electrons. The van der Waals surface area contributed by atoms with E-state index in [0.717, 1.165) is 12.8 Å². The smallest absolute Gasteiger partial charge is 0.396 e. The van der Waals surface area contributed by atoms with Crippen LogP contribution in [0.15, 0.2) is 24.5 Å². The van der Waals surface area contributed by atoms with Gasteiger partial charge in [0.1, 0.15) is 24.2 Å². The molecule has 1 aromatic carbocycles. The van der Waals surface area contributed by atoms with Crippen molar-refractivity contribution in [3.8, 4) is 17.1 Å². The zero-order valence-electron chi connectivity index (χ0n) is 17.6. The molecule has 4 heterocycles. The molecular formula is C21H21F4N7O. The number of anilines is 1. The van der Waals surface area contributed by atoms with Crippen molar-refractivity contribution in [1.29, 1.82) is 0 Å². The molecule has 3 aromatic rings. The van der Waals surface area contributed by atoms with Gasteiger partial charge >= 0.3 is 6.18 Å². The number of nitrogens with one attached hydrogen (secondary N) is 1. The molecule has 0 radical (unpaired) electrons. The fourth-order valence-electron chi connectivity index (χ4n) is 4.62. The number of hydrogen-bond acceptors (Lipinski definition) is 8. The van der Waals surface area contributed by atoms with Gasteiger partial charge in [0, 0.05) is 36.8 Å². The van der Waals surface area contributed by atoms with E-state index in [4.69, 9.17) is 0 Å². The fourth-order valence-corrected chi connectivity index (χ4v) is 4.62. The van der Waals surface area contributed by atoms with Crippen LogP contribution in [0.4, 0.5) is 23.4 Å². The van der Waals surface area contributed by atoms with Crippen LogP contribution in [-0.2, 0) is 6.42 Å². The maximum absolute atomic E-state index is 14.9. The van der Waals surface area contributed by atoms with Gasteiger partial charge in [-0.3, -0.25) is 0 Å². The Balaban J connectivity index is 1.38. The molecule has 1 unspecified atom stereocenters. The average molecular weight is 463 g/mol. The number of halogens is 4. The SMILES string of the molecule is CN(c1cnc(-c2cc3cnc(CC(F)(F)F)nc3cc2O)nn1)[C@@H]1C[C@H]2CCC(N2)[C@@H]1F. The Morgan fingerprint density at radius 2 is 1.97 bits per heavy atom. The molecule has 2 aromatic heterocycles. The second-order valence-corrected chi connectivity index (χ2v) is 8.55. The molecule has 2 N–H and O–H groups in total. The number of aromatic hydroxyl groups is 1. The number of benzene rings is 1. The molecule has 5 rings (SSSR count). The summed E-state index contributed by atoms with van der Waals surface area (Å²) in [6.45, 7) is 0. The maximum Gasteiger partial charge on any atom is 0.396 e. The molecular weight excluding hydrogens is 442 g/mol. The number of hydrogen-bond donors (Lipinski definition) is 2. The average Bonchev–Trinajstić information content (AvgIpc) is 3.18. The van der Waals surface area contributed by atoms with E-state index < -0.39 is 18.8 Å². The van der Waals surface area contributed by atoms with E-state index in [-0.39, 0.29) is 40.6 Å². The maximum atomic E-state index is 14.9. The second kappa shape index (κ2) is 8.01. The van der Waals surface area contributed by atoms with Gasteiger partial charge in [-0.25, -0.2) is 19.3 Å². The zero-order valence-corrected chi connectivity index (χ0v) is 17.6. The van der Waals surface area contributed by atoms with Crippen LogP contribution in [0.1, 0.15) is 25.1 Å². The number of rotatable bonds is 4. The summed E-state index contributed by atoms with van der Waals surface area (Å²) in [5.74, 6) is -0.105. The molecule has 0 aliphatic carbocycles. The van der Waals surface area contributed by atoms with Crippen molar-refractivity contribution in [3.63, 3.8) is 0 Å². The first-order valence-electron chi connectivity index (χ1n) is 10.6. The van der Waals surface area contributed by atoms with Crippen LogP contribution in [0.2, 0.25) is 0 Å². The summed E-state index contributed by atoms with van der Waals surface area (Å²) in [5.41, 5.74) is 0.406. The minimum Gasteiger partial charge on any atom is -0.507 e. The summed E-state index contributed by atoms with van der Waals surface area (Å²) in [7, 11) is 1.76. The second-order valence-electron chi connectivity index (χ2n) is 8.55. The number of phenolic OH excluding ortho intramolecular Hbond substituents is 1. The monoisotopic (exact) mass is 463 g/mol. The van der Waals surface area contributed by atoms with Gasteiger partial charge in [0.2, 0.25) is 0 Å².